The second-order valence-corrected chi connectivity index (χ2v) is 6.93. The van der Waals surface area contributed by atoms with Gasteiger partial charge in [-0.25, -0.2) is 4.98 Å². The first-order valence-electron chi connectivity index (χ1n) is 9.34. The number of hydrogen-bond donors (Lipinski definition) is 2. The van der Waals surface area contributed by atoms with Crippen molar-refractivity contribution >= 4 is 23.1 Å². The van der Waals surface area contributed by atoms with E-state index in [1.165, 1.54) is 5.56 Å². The molecule has 0 saturated heterocycles. The molecule has 2 aromatic carbocycles. The van der Waals surface area contributed by atoms with Crippen molar-refractivity contribution in [2.75, 3.05) is 10.6 Å². The minimum atomic E-state index is -0.0676. The molecule has 0 saturated carbocycles. The van der Waals surface area contributed by atoms with Crippen molar-refractivity contribution in [1.29, 1.82) is 0 Å². The number of pyridine rings is 1. The molecule has 1 aromatic heterocycles. The van der Waals surface area contributed by atoms with Crippen LogP contribution in [0.2, 0.25) is 0 Å². The zero-order valence-electron chi connectivity index (χ0n) is 16.4. The number of carbonyl (C=O) groups excluding carboxylic acids is 1. The predicted octanol–water partition coefficient (Wildman–Crippen LogP) is 5.10. The highest BCUT2D eigenvalue weighted by Gasteiger charge is 2.07. The van der Waals surface area contributed by atoms with Gasteiger partial charge in [-0.3, -0.25) is 4.79 Å². The molecule has 5 nitrogen and oxygen atoms in total. The van der Waals surface area contributed by atoms with Crippen molar-refractivity contribution in [1.82, 2.24) is 4.98 Å². The second-order valence-electron chi connectivity index (χ2n) is 6.93. The summed E-state index contributed by atoms with van der Waals surface area (Å²) in [6.07, 6.45) is 2.06. The van der Waals surface area contributed by atoms with Gasteiger partial charge in [0.05, 0.1) is 30.1 Å². The Labute approximate surface area is 165 Å². The molecular formula is C23H25N3O2. The van der Waals surface area contributed by atoms with Gasteiger partial charge in [0, 0.05) is 0 Å². The zero-order chi connectivity index (χ0) is 19.9. The first-order chi connectivity index (χ1) is 13.5. The third-order valence-corrected chi connectivity index (χ3v) is 4.04. The molecule has 3 rings (SSSR count). The third kappa shape index (κ3) is 5.58. The molecule has 0 aliphatic heterocycles. The van der Waals surface area contributed by atoms with Crippen LogP contribution in [0.15, 0.2) is 66.9 Å². The van der Waals surface area contributed by atoms with E-state index in [9.17, 15) is 4.79 Å². The van der Waals surface area contributed by atoms with E-state index in [0.717, 1.165) is 17.0 Å². The van der Waals surface area contributed by atoms with Crippen LogP contribution < -0.4 is 15.4 Å². The number of hydrogen-bond acceptors (Lipinski definition) is 4. The van der Waals surface area contributed by atoms with E-state index in [-0.39, 0.29) is 12.0 Å². The van der Waals surface area contributed by atoms with E-state index in [4.69, 9.17) is 4.74 Å². The van der Waals surface area contributed by atoms with E-state index in [0.29, 0.717) is 17.9 Å². The average molecular weight is 375 g/mol. The summed E-state index contributed by atoms with van der Waals surface area (Å²) in [5.41, 5.74) is 3.67. The lowest BCUT2D eigenvalue weighted by atomic mass is 10.1. The summed E-state index contributed by atoms with van der Waals surface area (Å²) in [5, 5.41) is 6.13. The van der Waals surface area contributed by atoms with Gasteiger partial charge in [0.25, 0.3) is 0 Å². The number of nitrogens with zero attached hydrogens (tertiary/aromatic N) is 1. The molecule has 0 fully saturated rings. The summed E-state index contributed by atoms with van der Waals surface area (Å²) < 4.78 is 5.81. The fourth-order valence-corrected chi connectivity index (χ4v) is 2.70. The lowest BCUT2D eigenvalue weighted by molar-refractivity contribution is -0.115. The van der Waals surface area contributed by atoms with Crippen LogP contribution in [0.1, 0.15) is 25.0 Å². The molecule has 5 heteroatoms. The van der Waals surface area contributed by atoms with Crippen molar-refractivity contribution < 1.29 is 9.53 Å². The minimum Gasteiger partial charge on any atom is -0.489 e. The number of aryl methyl sites for hydroxylation is 1. The number of carbonyl (C=O) groups is 1. The highest BCUT2D eigenvalue weighted by Crippen LogP contribution is 2.27. The van der Waals surface area contributed by atoms with Crippen molar-refractivity contribution in [3.05, 3.63) is 78.0 Å². The molecule has 3 aromatic rings. The van der Waals surface area contributed by atoms with Gasteiger partial charge in [-0.05, 0) is 50.6 Å². The number of amides is 1. The molecule has 0 aliphatic rings. The van der Waals surface area contributed by atoms with Crippen molar-refractivity contribution in [3.63, 3.8) is 0 Å². The summed E-state index contributed by atoms with van der Waals surface area (Å²) >= 11 is 0. The summed E-state index contributed by atoms with van der Waals surface area (Å²) in [5.74, 6) is 1.38. The molecule has 1 amide bonds. The Bertz CT molecular complexity index is 919. The van der Waals surface area contributed by atoms with Gasteiger partial charge in [0.15, 0.2) is 0 Å². The summed E-state index contributed by atoms with van der Waals surface area (Å²) in [4.78, 5) is 16.6. The number of para-hydroxylation sites is 2. The van der Waals surface area contributed by atoms with Gasteiger partial charge in [-0.2, -0.15) is 0 Å². The Hall–Kier alpha value is -3.34. The van der Waals surface area contributed by atoms with Gasteiger partial charge in [0.1, 0.15) is 11.6 Å². The van der Waals surface area contributed by atoms with Crippen LogP contribution in [0.25, 0.3) is 0 Å². The van der Waals surface area contributed by atoms with Crippen LogP contribution in [-0.4, -0.2) is 17.0 Å². The Morgan fingerprint density at radius 2 is 1.79 bits per heavy atom. The molecule has 0 radical (unpaired) electrons. The lowest BCUT2D eigenvalue weighted by Gasteiger charge is -2.15. The van der Waals surface area contributed by atoms with Crippen LogP contribution in [0.4, 0.5) is 17.2 Å². The Morgan fingerprint density at radius 1 is 1.04 bits per heavy atom. The van der Waals surface area contributed by atoms with Crippen LogP contribution in [0, 0.1) is 6.92 Å². The molecular weight excluding hydrogens is 350 g/mol. The monoisotopic (exact) mass is 375 g/mol. The Kier molecular flexibility index (Phi) is 6.27. The van der Waals surface area contributed by atoms with Crippen molar-refractivity contribution in [2.24, 2.45) is 0 Å². The topological polar surface area (TPSA) is 63.2 Å². The number of rotatable bonds is 7. The second kappa shape index (κ2) is 9.04. The molecule has 144 valence electrons. The maximum atomic E-state index is 12.2. The van der Waals surface area contributed by atoms with Crippen LogP contribution in [0.3, 0.4) is 0 Å². The largest absolute Gasteiger partial charge is 0.489 e. The third-order valence-electron chi connectivity index (χ3n) is 4.04. The molecule has 2 N–H and O–H groups in total. The van der Waals surface area contributed by atoms with Gasteiger partial charge < -0.3 is 15.4 Å². The lowest BCUT2D eigenvalue weighted by Crippen LogP contribution is -2.14. The summed E-state index contributed by atoms with van der Waals surface area (Å²) in [7, 11) is 0. The molecule has 0 bridgehead atoms. The minimum absolute atomic E-state index is 0.0676. The van der Waals surface area contributed by atoms with Crippen molar-refractivity contribution in [2.45, 2.75) is 33.3 Å². The zero-order valence-corrected chi connectivity index (χ0v) is 16.4. The normalized spacial score (nSPS) is 10.6. The Balaban J connectivity index is 1.61. The van der Waals surface area contributed by atoms with Gasteiger partial charge in [-0.15, -0.1) is 0 Å². The maximum Gasteiger partial charge on any atom is 0.228 e. The van der Waals surface area contributed by atoms with Gasteiger partial charge in [-0.1, -0.05) is 42.0 Å². The van der Waals surface area contributed by atoms with E-state index in [1.54, 1.807) is 6.20 Å². The first kappa shape index (κ1) is 19.4. The fourth-order valence-electron chi connectivity index (χ4n) is 2.70. The SMILES string of the molecule is Cc1ccc(CC(=O)Nc2ccc(Nc3ccccc3OC(C)C)nc2)cc1. The van der Waals surface area contributed by atoms with E-state index in [2.05, 4.69) is 15.6 Å². The standard InChI is InChI=1S/C23H25N3O2/c1-16(2)28-21-7-5-4-6-20(21)26-22-13-12-19(15-24-22)25-23(27)14-18-10-8-17(3)9-11-18/h4-13,15-16H,14H2,1-3H3,(H,24,26)(H,25,27). The molecule has 0 spiro atoms. The number of aromatic nitrogens is 1. The van der Waals surface area contributed by atoms with Gasteiger partial charge >= 0.3 is 0 Å². The molecule has 0 atom stereocenters. The quantitative estimate of drug-likeness (QED) is 0.603. The molecule has 0 aliphatic carbocycles. The number of benzene rings is 2. The Morgan fingerprint density at radius 3 is 2.46 bits per heavy atom. The summed E-state index contributed by atoms with van der Waals surface area (Å²) in [6, 6.07) is 19.3. The van der Waals surface area contributed by atoms with E-state index in [1.807, 2.05) is 81.4 Å². The first-order valence-corrected chi connectivity index (χ1v) is 9.34. The van der Waals surface area contributed by atoms with E-state index < -0.39 is 0 Å². The average Bonchev–Trinajstić information content (AvgIpc) is 2.66. The number of anilines is 3. The molecule has 0 unspecified atom stereocenters. The van der Waals surface area contributed by atoms with Crippen LogP contribution in [-0.2, 0) is 11.2 Å². The van der Waals surface area contributed by atoms with Crippen molar-refractivity contribution in [3.8, 4) is 5.75 Å². The predicted molar refractivity (Wildman–Crippen MR) is 113 cm³/mol. The number of ether oxygens (including phenoxy) is 1. The van der Waals surface area contributed by atoms with Gasteiger partial charge in [0.2, 0.25) is 5.91 Å². The smallest absolute Gasteiger partial charge is 0.228 e. The fraction of sp³-hybridized carbons (Fsp3) is 0.217. The summed E-state index contributed by atoms with van der Waals surface area (Å²) in [6.45, 7) is 6.00. The highest BCUT2D eigenvalue weighted by atomic mass is 16.5. The maximum absolute atomic E-state index is 12.2. The molecule has 28 heavy (non-hydrogen) atoms. The van der Waals surface area contributed by atoms with E-state index >= 15 is 0 Å². The highest BCUT2D eigenvalue weighted by molar-refractivity contribution is 5.92. The number of nitrogens with one attached hydrogen (secondary N) is 2. The van der Waals surface area contributed by atoms with Crippen LogP contribution >= 0.6 is 0 Å². The molecule has 1 heterocycles. The van der Waals surface area contributed by atoms with Crippen LogP contribution in [0.5, 0.6) is 5.75 Å².